The lowest BCUT2D eigenvalue weighted by Crippen LogP contribution is -1.98. The maximum absolute atomic E-state index is 9.19. The molecule has 0 spiro atoms. The van der Waals surface area contributed by atoms with Gasteiger partial charge in [0.2, 0.25) is 0 Å². The monoisotopic (exact) mass is 393 g/mol. The molecule has 0 saturated carbocycles. The second-order valence-corrected chi connectivity index (χ2v) is 7.77. The van der Waals surface area contributed by atoms with Crippen LogP contribution in [0, 0.1) is 0 Å². The van der Waals surface area contributed by atoms with Crippen molar-refractivity contribution in [3.05, 3.63) is 42.7 Å². The van der Waals surface area contributed by atoms with Crippen molar-refractivity contribution >= 4 is 40.9 Å². The molecule has 0 saturated heterocycles. The first-order chi connectivity index (χ1) is 12.4. The number of ether oxygens (including phenoxy) is 2. The quantitative estimate of drug-likeness (QED) is 0.545. The predicted octanol–water partition coefficient (Wildman–Crippen LogP) is 2.98. The first-order valence-corrected chi connectivity index (χ1v) is 10.0. The smallest absolute Gasteiger partial charge is 0.375 e. The van der Waals surface area contributed by atoms with Crippen LogP contribution in [0.5, 0.6) is 17.2 Å². The number of fused-ring (bicyclic) bond motifs is 1. The number of aromatic nitrogens is 2. The van der Waals surface area contributed by atoms with Gasteiger partial charge in [-0.15, -0.1) is 0 Å². The van der Waals surface area contributed by atoms with E-state index in [2.05, 4.69) is 27.1 Å². The van der Waals surface area contributed by atoms with Crippen molar-refractivity contribution in [3.63, 3.8) is 0 Å². The van der Waals surface area contributed by atoms with E-state index in [1.807, 2.05) is 0 Å². The molecular formula is C16H16N3O5PS. The Kier molecular flexibility index (Phi) is 5.24. The number of hydrogen-bond acceptors (Lipinski definition) is 7. The summed E-state index contributed by atoms with van der Waals surface area (Å²) in [6.07, 6.45) is 1.45. The number of nitrogens with one attached hydrogen (secondary N) is 1. The van der Waals surface area contributed by atoms with E-state index in [1.165, 1.54) is 6.33 Å². The Morgan fingerprint density at radius 1 is 1.00 bits per heavy atom. The maximum atomic E-state index is 9.19. The normalized spacial score (nSPS) is 11.2. The van der Waals surface area contributed by atoms with Crippen molar-refractivity contribution in [1.82, 2.24) is 9.97 Å². The summed E-state index contributed by atoms with van der Waals surface area (Å²) in [5.74, 6) is 2.00. The molecule has 3 N–H and O–H groups in total. The van der Waals surface area contributed by atoms with Gasteiger partial charge in [-0.3, -0.25) is 0 Å². The number of nitrogens with zero attached hydrogens (tertiary/aromatic N) is 2. The van der Waals surface area contributed by atoms with Crippen LogP contribution in [0.15, 0.2) is 42.7 Å². The third-order valence-electron chi connectivity index (χ3n) is 3.48. The van der Waals surface area contributed by atoms with E-state index >= 15 is 0 Å². The van der Waals surface area contributed by atoms with Crippen LogP contribution in [0.4, 0.5) is 11.5 Å². The molecule has 136 valence electrons. The Balaban J connectivity index is 1.92. The topological polar surface area (TPSA) is 106 Å². The van der Waals surface area contributed by atoms with E-state index in [1.54, 1.807) is 50.6 Å². The Hall–Kier alpha value is -2.45. The van der Waals surface area contributed by atoms with Crippen LogP contribution >= 0.6 is 6.72 Å². The predicted molar refractivity (Wildman–Crippen MR) is 102 cm³/mol. The molecule has 10 heteroatoms. The molecule has 0 radical (unpaired) electrons. The zero-order valence-corrected chi connectivity index (χ0v) is 15.6. The van der Waals surface area contributed by atoms with E-state index in [9.17, 15) is 9.79 Å². The highest BCUT2D eigenvalue weighted by molar-refractivity contribution is 8.06. The highest BCUT2D eigenvalue weighted by Gasteiger charge is 2.12. The molecule has 3 aromatic rings. The highest BCUT2D eigenvalue weighted by Crippen LogP contribution is 2.38. The molecule has 0 aliphatic rings. The number of benzene rings is 2. The fourth-order valence-corrected chi connectivity index (χ4v) is 3.01. The average Bonchev–Trinajstić information content (AvgIpc) is 2.61. The summed E-state index contributed by atoms with van der Waals surface area (Å²) in [7, 11) is 3.12. The fourth-order valence-electron chi connectivity index (χ4n) is 2.36. The van der Waals surface area contributed by atoms with E-state index in [-0.39, 0.29) is 5.75 Å². The largest absolute Gasteiger partial charge is 0.493 e. The van der Waals surface area contributed by atoms with Crippen molar-refractivity contribution in [2.24, 2.45) is 0 Å². The summed E-state index contributed by atoms with van der Waals surface area (Å²) < 4.78 is 15.5. The van der Waals surface area contributed by atoms with Gasteiger partial charge in [-0.1, -0.05) is 0 Å². The summed E-state index contributed by atoms with van der Waals surface area (Å²) >= 11 is 4.45. The highest BCUT2D eigenvalue weighted by atomic mass is 32.5. The summed E-state index contributed by atoms with van der Waals surface area (Å²) in [6, 6.07) is 10.1. The van der Waals surface area contributed by atoms with Crippen LogP contribution in [-0.2, 0) is 11.8 Å². The minimum absolute atomic E-state index is 0.267. The number of methoxy groups -OCH3 is 2. The molecule has 1 heterocycles. The Bertz CT molecular complexity index is 978. The van der Waals surface area contributed by atoms with Crippen LogP contribution < -0.4 is 19.3 Å². The molecule has 3 rings (SSSR count). The van der Waals surface area contributed by atoms with E-state index < -0.39 is 6.72 Å². The van der Waals surface area contributed by atoms with Crippen molar-refractivity contribution in [2.75, 3.05) is 19.5 Å². The Morgan fingerprint density at radius 3 is 2.27 bits per heavy atom. The summed E-state index contributed by atoms with van der Waals surface area (Å²) in [4.78, 5) is 26.9. The molecule has 0 aliphatic heterocycles. The van der Waals surface area contributed by atoms with Gasteiger partial charge in [-0.2, -0.15) is 0 Å². The molecule has 0 amide bonds. The zero-order chi connectivity index (χ0) is 18.7. The van der Waals surface area contributed by atoms with Crippen LogP contribution in [0.3, 0.4) is 0 Å². The van der Waals surface area contributed by atoms with Gasteiger partial charge in [0.05, 0.1) is 19.7 Å². The van der Waals surface area contributed by atoms with Crippen LogP contribution in [0.25, 0.3) is 10.9 Å². The lowest BCUT2D eigenvalue weighted by atomic mass is 10.2. The third kappa shape index (κ3) is 4.20. The maximum Gasteiger partial charge on any atom is 0.375 e. The molecule has 8 nitrogen and oxygen atoms in total. The summed E-state index contributed by atoms with van der Waals surface area (Å²) in [5.41, 5.74) is 1.41. The zero-order valence-electron chi connectivity index (χ0n) is 13.9. The van der Waals surface area contributed by atoms with Crippen molar-refractivity contribution in [3.8, 4) is 17.2 Å². The van der Waals surface area contributed by atoms with E-state index in [0.717, 1.165) is 11.1 Å². The standard InChI is InChI=1S/C16H16N3O5PS/c1-22-14-7-12-13(8-15(14)23-2)17-9-18-16(12)19-10-3-5-11(6-4-10)24-25(20,21)26/h3-9H,1-2H3,(H,17,18,19)(H2,20,21,26). The number of anilines is 2. The molecular weight excluding hydrogens is 377 g/mol. The molecule has 1 aromatic heterocycles. The average molecular weight is 393 g/mol. The van der Waals surface area contributed by atoms with Gasteiger partial charge in [0, 0.05) is 28.9 Å². The molecule has 0 aliphatic carbocycles. The number of hydrogen-bond donors (Lipinski definition) is 3. The van der Waals surface area contributed by atoms with Gasteiger partial charge in [0.1, 0.15) is 17.9 Å². The van der Waals surface area contributed by atoms with Gasteiger partial charge in [0.25, 0.3) is 0 Å². The van der Waals surface area contributed by atoms with Crippen molar-refractivity contribution in [1.29, 1.82) is 0 Å². The molecule has 26 heavy (non-hydrogen) atoms. The van der Waals surface area contributed by atoms with Gasteiger partial charge in [-0.05, 0) is 30.3 Å². The molecule has 0 unspecified atom stereocenters. The molecule has 2 aromatic carbocycles. The number of rotatable bonds is 6. The third-order valence-corrected chi connectivity index (χ3v) is 4.15. The molecule has 0 atom stereocenters. The second-order valence-electron chi connectivity index (χ2n) is 5.18. The van der Waals surface area contributed by atoms with E-state index in [4.69, 9.17) is 14.0 Å². The molecule has 0 fully saturated rings. The van der Waals surface area contributed by atoms with Gasteiger partial charge in [-0.25, -0.2) is 9.97 Å². The van der Waals surface area contributed by atoms with Crippen molar-refractivity contribution < 1.29 is 23.8 Å². The lowest BCUT2D eigenvalue weighted by Gasteiger charge is -2.13. The van der Waals surface area contributed by atoms with Crippen LogP contribution in [0.2, 0.25) is 0 Å². The minimum Gasteiger partial charge on any atom is -0.493 e. The second kappa shape index (κ2) is 7.43. The Labute approximate surface area is 154 Å². The SMILES string of the molecule is COc1cc2ncnc(Nc3ccc(OP(O)(O)=S)cc3)c2cc1OC. The Morgan fingerprint density at radius 2 is 1.65 bits per heavy atom. The lowest BCUT2D eigenvalue weighted by molar-refractivity contribution is 0.356. The van der Waals surface area contributed by atoms with E-state index in [0.29, 0.717) is 22.8 Å². The fraction of sp³-hybridized carbons (Fsp3) is 0.125. The van der Waals surface area contributed by atoms with Crippen LogP contribution in [0.1, 0.15) is 0 Å². The minimum atomic E-state index is -3.75. The first kappa shape index (κ1) is 18.3. The summed E-state index contributed by atoms with van der Waals surface area (Å²) in [6.45, 7) is -3.75. The van der Waals surface area contributed by atoms with Gasteiger partial charge >= 0.3 is 6.72 Å². The molecule has 0 bridgehead atoms. The van der Waals surface area contributed by atoms with Gasteiger partial charge in [0.15, 0.2) is 11.5 Å². The van der Waals surface area contributed by atoms with Gasteiger partial charge < -0.3 is 29.1 Å². The summed E-state index contributed by atoms with van der Waals surface area (Å²) in [5, 5.41) is 3.94. The first-order valence-electron chi connectivity index (χ1n) is 7.38. The van der Waals surface area contributed by atoms with Crippen LogP contribution in [-0.4, -0.2) is 34.0 Å². The van der Waals surface area contributed by atoms with Crippen molar-refractivity contribution in [2.45, 2.75) is 0 Å².